The van der Waals surface area contributed by atoms with Crippen LogP contribution in [0.15, 0.2) is 47.6 Å². The van der Waals surface area contributed by atoms with E-state index in [0.717, 1.165) is 15.6 Å². The van der Waals surface area contributed by atoms with Gasteiger partial charge in [-0.05, 0) is 71.5 Å². The molecule has 4 rings (SSSR count). The van der Waals surface area contributed by atoms with Crippen molar-refractivity contribution in [3.63, 3.8) is 0 Å². The number of pyridine rings is 1. The summed E-state index contributed by atoms with van der Waals surface area (Å²) in [6.07, 6.45) is 1.63. The van der Waals surface area contributed by atoms with Gasteiger partial charge in [0.25, 0.3) is 0 Å². The van der Waals surface area contributed by atoms with Crippen molar-refractivity contribution in [3.05, 3.63) is 73.2 Å². The normalized spacial score (nSPS) is 15.7. The van der Waals surface area contributed by atoms with Crippen LogP contribution in [0.25, 0.3) is 5.82 Å². The van der Waals surface area contributed by atoms with E-state index in [1.807, 2.05) is 29.7 Å². The number of aliphatic imine (C=N–C) groups is 1. The fraction of sp³-hybridized carbons (Fsp3) is 0.105. The molecule has 1 unspecified atom stereocenters. The molecule has 0 saturated carbocycles. The Kier molecular flexibility index (Phi) is 4.96. The van der Waals surface area contributed by atoms with Crippen LogP contribution in [0.3, 0.4) is 0 Å². The number of aldehydes is 1. The van der Waals surface area contributed by atoms with Crippen molar-refractivity contribution in [2.24, 2.45) is 4.99 Å². The van der Waals surface area contributed by atoms with Crippen LogP contribution in [-0.2, 0) is 9.53 Å². The van der Waals surface area contributed by atoms with E-state index in [2.05, 4.69) is 32.6 Å². The zero-order valence-electron chi connectivity index (χ0n) is 14.0. The highest BCUT2D eigenvalue weighted by Crippen LogP contribution is 2.38. The minimum absolute atomic E-state index is 0.328. The van der Waals surface area contributed by atoms with Gasteiger partial charge in [-0.1, -0.05) is 23.2 Å². The second-order valence-corrected chi connectivity index (χ2v) is 7.89. The molecule has 136 valence electrons. The Morgan fingerprint density at radius 2 is 2.07 bits per heavy atom. The standard InChI is InChI=1S/C19H12Cl2IN3O2/c1-10-7-11(20)8-12-15(9-26)27-19(24-17(10)12)14-4-5-16(22)25(14)18-13(21)3-2-6-23-18/h2-9,15H,1H3. The Bertz CT molecular complexity index is 1090. The van der Waals surface area contributed by atoms with Gasteiger partial charge in [-0.25, -0.2) is 9.98 Å². The number of benzene rings is 1. The third-order valence-corrected chi connectivity index (χ3v) is 5.54. The second-order valence-electron chi connectivity index (χ2n) is 5.94. The molecule has 2 aromatic heterocycles. The van der Waals surface area contributed by atoms with Gasteiger partial charge >= 0.3 is 0 Å². The third-order valence-electron chi connectivity index (χ3n) is 4.18. The van der Waals surface area contributed by atoms with Crippen LogP contribution in [0, 0.1) is 10.6 Å². The van der Waals surface area contributed by atoms with Gasteiger partial charge in [0.15, 0.2) is 18.2 Å². The first-order chi connectivity index (χ1) is 13.0. The number of carbonyl (C=O) groups is 1. The lowest BCUT2D eigenvalue weighted by Crippen LogP contribution is -2.21. The Balaban J connectivity index is 1.92. The highest BCUT2D eigenvalue weighted by Gasteiger charge is 2.28. The number of hydrogen-bond donors (Lipinski definition) is 0. The van der Waals surface area contributed by atoms with Gasteiger partial charge in [0.1, 0.15) is 5.69 Å². The molecule has 1 atom stereocenters. The van der Waals surface area contributed by atoms with E-state index in [1.54, 1.807) is 24.4 Å². The molecule has 0 spiro atoms. The summed E-state index contributed by atoms with van der Waals surface area (Å²) in [5, 5.41) is 1.04. The van der Waals surface area contributed by atoms with E-state index in [0.29, 0.717) is 38.7 Å². The predicted octanol–water partition coefficient (Wildman–Crippen LogP) is 5.44. The summed E-state index contributed by atoms with van der Waals surface area (Å²) in [4.78, 5) is 20.7. The summed E-state index contributed by atoms with van der Waals surface area (Å²) >= 11 is 14.7. The summed E-state index contributed by atoms with van der Waals surface area (Å²) in [7, 11) is 0. The number of aryl methyl sites for hydroxylation is 1. The molecule has 3 aromatic rings. The van der Waals surface area contributed by atoms with E-state index < -0.39 is 6.10 Å². The first kappa shape index (κ1) is 18.5. The van der Waals surface area contributed by atoms with E-state index in [1.165, 1.54) is 0 Å². The first-order valence-electron chi connectivity index (χ1n) is 7.99. The van der Waals surface area contributed by atoms with Crippen molar-refractivity contribution >= 4 is 63.7 Å². The zero-order valence-corrected chi connectivity index (χ0v) is 17.7. The molecule has 8 heteroatoms. The van der Waals surface area contributed by atoms with Crippen molar-refractivity contribution in [3.8, 4) is 5.82 Å². The van der Waals surface area contributed by atoms with Crippen molar-refractivity contribution in [1.82, 2.24) is 9.55 Å². The van der Waals surface area contributed by atoms with Gasteiger partial charge in [0.05, 0.1) is 14.4 Å². The summed E-state index contributed by atoms with van der Waals surface area (Å²) in [5.41, 5.74) is 2.87. The third kappa shape index (κ3) is 3.26. The van der Waals surface area contributed by atoms with Gasteiger partial charge in [0, 0.05) is 16.8 Å². The maximum absolute atomic E-state index is 11.7. The van der Waals surface area contributed by atoms with E-state index in [4.69, 9.17) is 27.9 Å². The van der Waals surface area contributed by atoms with Crippen LogP contribution in [-0.4, -0.2) is 21.7 Å². The zero-order chi connectivity index (χ0) is 19.1. The number of carbonyl (C=O) groups excluding carboxylic acids is 1. The highest BCUT2D eigenvalue weighted by atomic mass is 127. The molecule has 0 amide bonds. The van der Waals surface area contributed by atoms with Crippen LogP contribution < -0.4 is 0 Å². The van der Waals surface area contributed by atoms with Gasteiger partial charge < -0.3 is 4.74 Å². The Labute approximate surface area is 179 Å². The minimum Gasteiger partial charge on any atom is -0.460 e. The van der Waals surface area contributed by atoms with Gasteiger partial charge in [-0.3, -0.25) is 9.36 Å². The minimum atomic E-state index is -0.787. The van der Waals surface area contributed by atoms with E-state index >= 15 is 0 Å². The van der Waals surface area contributed by atoms with Crippen molar-refractivity contribution in [2.75, 3.05) is 0 Å². The molecule has 1 aliphatic rings. The first-order valence-corrected chi connectivity index (χ1v) is 9.82. The van der Waals surface area contributed by atoms with Crippen molar-refractivity contribution < 1.29 is 9.53 Å². The molecule has 0 N–H and O–H groups in total. The monoisotopic (exact) mass is 511 g/mol. The molecular weight excluding hydrogens is 500 g/mol. The highest BCUT2D eigenvalue weighted by molar-refractivity contribution is 14.1. The number of nitrogens with zero attached hydrogens (tertiary/aromatic N) is 3. The molecule has 0 bridgehead atoms. The molecule has 0 saturated heterocycles. The molecule has 1 aliphatic heterocycles. The van der Waals surface area contributed by atoms with Crippen molar-refractivity contribution in [1.29, 1.82) is 0 Å². The molecule has 0 radical (unpaired) electrons. The van der Waals surface area contributed by atoms with E-state index in [-0.39, 0.29) is 0 Å². The molecule has 5 nitrogen and oxygen atoms in total. The fourth-order valence-corrected chi connectivity index (χ4v) is 4.15. The number of ether oxygens (including phenoxy) is 1. The largest absolute Gasteiger partial charge is 0.460 e. The Morgan fingerprint density at radius 3 is 2.81 bits per heavy atom. The van der Waals surface area contributed by atoms with Gasteiger partial charge in [-0.15, -0.1) is 0 Å². The maximum Gasteiger partial charge on any atom is 0.240 e. The SMILES string of the molecule is Cc1cc(Cl)cc2c1N=C(c1ccc(I)n1-c1ncccc1Cl)OC2C=O. The number of fused-ring (bicyclic) bond motifs is 1. The molecule has 1 aromatic carbocycles. The second kappa shape index (κ2) is 7.26. The molecular formula is C19H12Cl2IN3O2. The number of halogens is 3. The van der Waals surface area contributed by atoms with Crippen molar-refractivity contribution in [2.45, 2.75) is 13.0 Å². The topological polar surface area (TPSA) is 56.5 Å². The van der Waals surface area contributed by atoms with Crippen LogP contribution in [0.5, 0.6) is 0 Å². The summed E-state index contributed by atoms with van der Waals surface area (Å²) < 4.78 is 8.63. The lowest BCUT2D eigenvalue weighted by atomic mass is 10.0. The predicted molar refractivity (Wildman–Crippen MR) is 114 cm³/mol. The lowest BCUT2D eigenvalue weighted by molar-refractivity contribution is -0.114. The average Bonchev–Trinajstić information content (AvgIpc) is 3.03. The summed E-state index contributed by atoms with van der Waals surface area (Å²) in [6, 6.07) is 10.8. The van der Waals surface area contributed by atoms with Crippen LogP contribution in [0.2, 0.25) is 10.0 Å². The number of aromatic nitrogens is 2. The van der Waals surface area contributed by atoms with E-state index in [9.17, 15) is 4.79 Å². The van der Waals surface area contributed by atoms with Gasteiger partial charge in [0.2, 0.25) is 5.90 Å². The lowest BCUT2D eigenvalue weighted by Gasteiger charge is -2.24. The van der Waals surface area contributed by atoms with Crippen LogP contribution in [0.1, 0.15) is 22.9 Å². The van der Waals surface area contributed by atoms with Crippen LogP contribution in [0.4, 0.5) is 5.69 Å². The Morgan fingerprint density at radius 1 is 1.26 bits per heavy atom. The fourth-order valence-electron chi connectivity index (χ4n) is 3.00. The molecule has 0 aliphatic carbocycles. The van der Waals surface area contributed by atoms with Gasteiger partial charge in [-0.2, -0.15) is 0 Å². The average molecular weight is 512 g/mol. The quantitative estimate of drug-likeness (QED) is 0.347. The molecule has 0 fully saturated rings. The summed E-state index contributed by atoms with van der Waals surface area (Å²) in [5.74, 6) is 0.894. The molecule has 27 heavy (non-hydrogen) atoms. The maximum atomic E-state index is 11.7. The number of hydrogen-bond acceptors (Lipinski definition) is 4. The smallest absolute Gasteiger partial charge is 0.240 e. The Hall–Kier alpha value is -1.90. The molecule has 3 heterocycles. The summed E-state index contributed by atoms with van der Waals surface area (Å²) in [6.45, 7) is 1.90. The number of rotatable bonds is 3. The van der Waals surface area contributed by atoms with Crippen LogP contribution >= 0.6 is 45.8 Å².